The first-order chi connectivity index (χ1) is 25.4. The van der Waals surface area contributed by atoms with Gasteiger partial charge in [-0.2, -0.15) is 10.2 Å². The number of benzene rings is 2. The van der Waals surface area contributed by atoms with Crippen LogP contribution < -0.4 is 29.6 Å². The lowest BCUT2D eigenvalue weighted by molar-refractivity contribution is -0.274. The molecular formula is C36H43F3N10O4. The summed E-state index contributed by atoms with van der Waals surface area (Å²) in [5.74, 6) is 2.98. The van der Waals surface area contributed by atoms with Crippen molar-refractivity contribution >= 4 is 22.9 Å². The quantitative estimate of drug-likeness (QED) is 0.143. The molecule has 282 valence electrons. The highest BCUT2D eigenvalue weighted by Crippen LogP contribution is 2.42. The summed E-state index contributed by atoms with van der Waals surface area (Å²) in [5.41, 5.74) is 4.55. The number of hydrogen-bond donors (Lipinski definition) is 2. The van der Waals surface area contributed by atoms with Gasteiger partial charge in [-0.1, -0.05) is 12.1 Å². The van der Waals surface area contributed by atoms with E-state index in [4.69, 9.17) is 19.2 Å². The van der Waals surface area contributed by atoms with Crippen LogP contribution in [0.4, 0.5) is 24.8 Å². The lowest BCUT2D eigenvalue weighted by Gasteiger charge is -2.14. The Morgan fingerprint density at radius 2 is 1.13 bits per heavy atom. The van der Waals surface area contributed by atoms with E-state index in [0.29, 0.717) is 34.3 Å². The molecule has 0 fully saturated rings. The fourth-order valence-corrected chi connectivity index (χ4v) is 5.23. The Hall–Kier alpha value is -5.81. The molecule has 53 heavy (non-hydrogen) atoms. The summed E-state index contributed by atoms with van der Waals surface area (Å²) in [4.78, 5) is 13.4. The van der Waals surface area contributed by atoms with Crippen molar-refractivity contribution in [1.82, 2.24) is 39.0 Å². The summed E-state index contributed by atoms with van der Waals surface area (Å²) >= 11 is 0. The fourth-order valence-electron chi connectivity index (χ4n) is 5.23. The average Bonchev–Trinajstić information content (AvgIpc) is 3.75. The third-order valence-corrected chi connectivity index (χ3v) is 7.84. The number of alkyl halides is 3. The average molecular weight is 737 g/mol. The number of ether oxygens (including phenoxy) is 4. The van der Waals surface area contributed by atoms with Crippen molar-refractivity contribution in [1.29, 1.82) is 0 Å². The van der Waals surface area contributed by atoms with Crippen molar-refractivity contribution in [3.63, 3.8) is 0 Å². The van der Waals surface area contributed by atoms with Gasteiger partial charge in [0.25, 0.3) is 0 Å². The van der Waals surface area contributed by atoms with Gasteiger partial charge in [0.1, 0.15) is 17.4 Å². The molecule has 4 aromatic heterocycles. The second kappa shape index (κ2) is 17.1. The van der Waals surface area contributed by atoms with Gasteiger partial charge in [0, 0.05) is 49.7 Å². The number of fused-ring (bicyclic) bond motifs is 2. The molecule has 0 bridgehead atoms. The number of nitrogens with one attached hydrogen (secondary N) is 2. The van der Waals surface area contributed by atoms with Gasteiger partial charge in [-0.05, 0) is 75.7 Å². The molecule has 0 saturated heterocycles. The van der Waals surface area contributed by atoms with Crippen LogP contribution in [-0.4, -0.2) is 121 Å². The standard InChI is InChI=1S/C19H25N5O3.C17H18F3N5O/c1-23(2)9-7-20-17-6-8-24-19(22-17)14(12-21-24)13-10-15(25-3)18(27-5)16(11-13)26-4;1-24(2)10-8-21-15-7-9-25-16(23-15)14(11-22-25)12-3-5-13(6-4-12)26-17(18,19)20/h6,8,10-12H,7,9H2,1-5H3,(H,20,22);3-7,9,11H,8,10H2,1-2H3,(H,21,23). The van der Waals surface area contributed by atoms with E-state index >= 15 is 0 Å². The van der Waals surface area contributed by atoms with E-state index in [0.717, 1.165) is 54.3 Å². The van der Waals surface area contributed by atoms with E-state index in [2.05, 4.69) is 40.4 Å². The van der Waals surface area contributed by atoms with Crippen LogP contribution in [0, 0.1) is 0 Å². The second-order valence-corrected chi connectivity index (χ2v) is 12.2. The van der Waals surface area contributed by atoms with E-state index < -0.39 is 6.36 Å². The zero-order valence-corrected chi connectivity index (χ0v) is 30.6. The Labute approximate surface area is 305 Å². The highest BCUT2D eigenvalue weighted by molar-refractivity contribution is 5.81. The van der Waals surface area contributed by atoms with E-state index in [-0.39, 0.29) is 5.75 Å². The Kier molecular flexibility index (Phi) is 12.4. The largest absolute Gasteiger partial charge is 0.573 e. The van der Waals surface area contributed by atoms with Gasteiger partial charge in [0.05, 0.1) is 33.7 Å². The van der Waals surface area contributed by atoms with Crippen molar-refractivity contribution in [2.45, 2.75) is 6.36 Å². The molecular weight excluding hydrogens is 693 g/mol. The van der Waals surface area contributed by atoms with Crippen molar-refractivity contribution in [3.05, 3.63) is 73.3 Å². The molecule has 0 radical (unpaired) electrons. The van der Waals surface area contributed by atoms with Crippen LogP contribution in [0.25, 0.3) is 33.5 Å². The highest BCUT2D eigenvalue weighted by Gasteiger charge is 2.31. The number of aromatic nitrogens is 6. The van der Waals surface area contributed by atoms with E-state index in [1.54, 1.807) is 61.1 Å². The highest BCUT2D eigenvalue weighted by atomic mass is 19.4. The predicted molar refractivity (Wildman–Crippen MR) is 197 cm³/mol. The summed E-state index contributed by atoms with van der Waals surface area (Å²) in [7, 11) is 12.8. The number of hydrogen-bond acceptors (Lipinski definition) is 12. The Balaban J connectivity index is 0.000000204. The van der Waals surface area contributed by atoms with Gasteiger partial charge >= 0.3 is 6.36 Å². The maximum Gasteiger partial charge on any atom is 0.573 e. The number of methoxy groups -OCH3 is 3. The SMILES string of the molecule is CN(C)CCNc1ccn2ncc(-c3ccc(OC(F)(F)F)cc3)c2n1.COc1cc(-c2cnn3ccc(NCCN(C)C)nc23)cc(OC)c1OC. The molecule has 14 nitrogen and oxygen atoms in total. The number of rotatable bonds is 14. The minimum Gasteiger partial charge on any atom is -0.493 e. The van der Waals surface area contributed by atoms with Crippen molar-refractivity contribution in [3.8, 4) is 45.3 Å². The summed E-state index contributed by atoms with van der Waals surface area (Å²) < 4.78 is 60.4. The lowest BCUT2D eigenvalue weighted by Crippen LogP contribution is -2.21. The van der Waals surface area contributed by atoms with Gasteiger partial charge in [-0.15, -0.1) is 13.2 Å². The van der Waals surface area contributed by atoms with Crippen LogP contribution in [0.2, 0.25) is 0 Å². The maximum absolute atomic E-state index is 12.3. The first-order valence-corrected chi connectivity index (χ1v) is 16.5. The number of anilines is 2. The van der Waals surface area contributed by atoms with Crippen molar-refractivity contribution < 1.29 is 32.1 Å². The van der Waals surface area contributed by atoms with Crippen LogP contribution in [-0.2, 0) is 0 Å². The van der Waals surface area contributed by atoms with Crippen LogP contribution in [0.15, 0.2) is 73.3 Å². The summed E-state index contributed by atoms with van der Waals surface area (Å²) in [6.07, 6.45) is 2.38. The zero-order valence-electron chi connectivity index (χ0n) is 30.6. The van der Waals surface area contributed by atoms with Gasteiger partial charge in [0.15, 0.2) is 22.8 Å². The molecule has 0 aliphatic carbocycles. The fraction of sp³-hybridized carbons (Fsp3) is 0.333. The van der Waals surface area contributed by atoms with E-state index in [9.17, 15) is 13.2 Å². The van der Waals surface area contributed by atoms with Gasteiger partial charge in [-0.3, -0.25) is 0 Å². The first kappa shape index (κ1) is 38.4. The normalized spacial score (nSPS) is 11.5. The van der Waals surface area contributed by atoms with Crippen LogP contribution in [0.5, 0.6) is 23.0 Å². The monoisotopic (exact) mass is 736 g/mol. The van der Waals surface area contributed by atoms with Crippen molar-refractivity contribution in [2.75, 3.05) is 86.3 Å². The number of halogens is 3. The van der Waals surface area contributed by atoms with Gasteiger partial charge < -0.3 is 39.4 Å². The minimum absolute atomic E-state index is 0.267. The summed E-state index contributed by atoms with van der Waals surface area (Å²) in [6.45, 7) is 3.33. The van der Waals surface area contributed by atoms with Crippen molar-refractivity contribution in [2.24, 2.45) is 0 Å². The lowest BCUT2D eigenvalue weighted by atomic mass is 10.1. The molecule has 6 aromatic rings. The van der Waals surface area contributed by atoms with Crippen LogP contribution in [0.3, 0.4) is 0 Å². The minimum atomic E-state index is -4.71. The van der Waals surface area contributed by atoms with Gasteiger partial charge in [-0.25, -0.2) is 19.0 Å². The smallest absolute Gasteiger partial charge is 0.493 e. The van der Waals surface area contributed by atoms with Gasteiger partial charge in [0.2, 0.25) is 5.75 Å². The Morgan fingerprint density at radius 1 is 0.660 bits per heavy atom. The molecule has 0 atom stereocenters. The maximum atomic E-state index is 12.3. The molecule has 0 spiro atoms. The Bertz CT molecular complexity index is 2070. The molecule has 0 amide bonds. The third-order valence-electron chi connectivity index (χ3n) is 7.84. The summed E-state index contributed by atoms with van der Waals surface area (Å²) in [5, 5.41) is 15.2. The van der Waals surface area contributed by atoms with E-state index in [1.807, 2.05) is 58.7 Å². The molecule has 17 heteroatoms. The molecule has 0 aliphatic heterocycles. The molecule has 4 heterocycles. The summed E-state index contributed by atoms with van der Waals surface area (Å²) in [6, 6.07) is 13.2. The molecule has 0 unspecified atom stereocenters. The third kappa shape index (κ3) is 9.95. The van der Waals surface area contributed by atoms with E-state index in [1.165, 1.54) is 12.1 Å². The second-order valence-electron chi connectivity index (χ2n) is 12.2. The molecule has 0 saturated carbocycles. The molecule has 6 rings (SSSR count). The number of nitrogens with zero attached hydrogens (tertiary/aromatic N) is 8. The molecule has 0 aliphatic rings. The Morgan fingerprint density at radius 3 is 1.55 bits per heavy atom. The van der Waals surface area contributed by atoms with Crippen LogP contribution in [0.1, 0.15) is 0 Å². The van der Waals surface area contributed by atoms with Crippen LogP contribution >= 0.6 is 0 Å². The molecule has 2 N–H and O–H groups in total. The predicted octanol–water partition coefficient (Wildman–Crippen LogP) is 5.66. The first-order valence-electron chi connectivity index (χ1n) is 16.5. The zero-order chi connectivity index (χ0) is 38.1. The molecule has 2 aromatic carbocycles. The number of likely N-dealkylation sites (N-methyl/N-ethyl adjacent to an activating group) is 2. The topological polar surface area (TPSA) is 128 Å².